The van der Waals surface area contributed by atoms with Crippen LogP contribution in [-0.4, -0.2) is 12.8 Å². The highest BCUT2D eigenvalue weighted by atomic mass is 16.5. The van der Waals surface area contributed by atoms with Crippen molar-refractivity contribution < 1.29 is 4.74 Å². The standard InChI is InChI=1S/C13H14N4O/c14-6-9-11(8-4-2-1-3-5-8)10-7-16-17-13(10)18-12(9)15/h1-5,10-11,13,16-17H,7,15H2. The summed E-state index contributed by atoms with van der Waals surface area (Å²) in [5.41, 5.74) is 13.6. The molecule has 0 spiro atoms. The Hall–Kier alpha value is -2.03. The molecule has 0 aromatic heterocycles. The van der Waals surface area contributed by atoms with Crippen molar-refractivity contribution in [2.45, 2.75) is 12.1 Å². The van der Waals surface area contributed by atoms with Gasteiger partial charge in [0.25, 0.3) is 0 Å². The van der Waals surface area contributed by atoms with Crippen molar-refractivity contribution in [3.8, 4) is 6.07 Å². The Balaban J connectivity index is 2.08. The van der Waals surface area contributed by atoms with Gasteiger partial charge in [0, 0.05) is 18.4 Å². The molecule has 2 aliphatic heterocycles. The van der Waals surface area contributed by atoms with Crippen LogP contribution < -0.4 is 16.6 Å². The smallest absolute Gasteiger partial charge is 0.200 e. The minimum atomic E-state index is -0.174. The van der Waals surface area contributed by atoms with E-state index in [2.05, 4.69) is 16.9 Å². The normalized spacial score (nSPS) is 30.5. The monoisotopic (exact) mass is 242 g/mol. The van der Waals surface area contributed by atoms with E-state index in [1.54, 1.807) is 0 Å². The third-order valence-electron chi connectivity index (χ3n) is 3.51. The summed E-state index contributed by atoms with van der Waals surface area (Å²) in [6.07, 6.45) is -0.174. The van der Waals surface area contributed by atoms with Crippen molar-refractivity contribution >= 4 is 0 Å². The van der Waals surface area contributed by atoms with Crippen LogP contribution in [0.4, 0.5) is 0 Å². The molecule has 5 nitrogen and oxygen atoms in total. The Kier molecular flexibility index (Phi) is 2.67. The van der Waals surface area contributed by atoms with Gasteiger partial charge < -0.3 is 10.5 Å². The van der Waals surface area contributed by atoms with Gasteiger partial charge in [-0.3, -0.25) is 5.43 Å². The summed E-state index contributed by atoms with van der Waals surface area (Å²) in [5.74, 6) is 0.385. The summed E-state index contributed by atoms with van der Waals surface area (Å²) < 4.78 is 5.53. The second-order valence-corrected chi connectivity index (χ2v) is 4.51. The average Bonchev–Trinajstić information content (AvgIpc) is 2.85. The summed E-state index contributed by atoms with van der Waals surface area (Å²) in [5, 5.41) is 9.30. The number of hydrazine groups is 1. The van der Waals surface area contributed by atoms with E-state index in [-0.39, 0.29) is 23.9 Å². The summed E-state index contributed by atoms with van der Waals surface area (Å²) in [7, 11) is 0. The molecule has 0 aliphatic carbocycles. The maximum Gasteiger partial charge on any atom is 0.200 e. The largest absolute Gasteiger partial charge is 0.458 e. The number of nitrogens with one attached hydrogen (secondary N) is 2. The van der Waals surface area contributed by atoms with Crippen molar-refractivity contribution in [1.29, 1.82) is 5.26 Å². The second kappa shape index (κ2) is 4.33. The number of hydrogen-bond acceptors (Lipinski definition) is 5. The molecular weight excluding hydrogens is 228 g/mol. The number of benzene rings is 1. The molecule has 1 fully saturated rings. The van der Waals surface area contributed by atoms with Crippen LogP contribution in [0.3, 0.4) is 0 Å². The number of nitrogens with two attached hydrogens (primary N) is 1. The third kappa shape index (κ3) is 1.63. The Morgan fingerprint density at radius 2 is 2.11 bits per heavy atom. The zero-order valence-electron chi connectivity index (χ0n) is 9.76. The van der Waals surface area contributed by atoms with Crippen molar-refractivity contribution in [3.05, 3.63) is 47.4 Å². The van der Waals surface area contributed by atoms with Gasteiger partial charge in [0.2, 0.25) is 5.88 Å². The average molecular weight is 242 g/mol. The van der Waals surface area contributed by atoms with Gasteiger partial charge in [0.05, 0.1) is 5.57 Å². The first-order chi connectivity index (χ1) is 8.81. The number of fused-ring (bicyclic) bond motifs is 1. The second-order valence-electron chi connectivity index (χ2n) is 4.51. The lowest BCUT2D eigenvalue weighted by molar-refractivity contribution is 0.0392. The number of rotatable bonds is 1. The molecule has 3 unspecified atom stereocenters. The predicted molar refractivity (Wildman–Crippen MR) is 65.5 cm³/mol. The number of ether oxygens (including phenoxy) is 1. The molecule has 5 heteroatoms. The van der Waals surface area contributed by atoms with Crippen molar-refractivity contribution in [1.82, 2.24) is 10.9 Å². The zero-order chi connectivity index (χ0) is 12.5. The fraction of sp³-hybridized carbons (Fsp3) is 0.308. The van der Waals surface area contributed by atoms with E-state index in [0.717, 1.165) is 12.1 Å². The summed E-state index contributed by atoms with van der Waals surface area (Å²) in [6, 6.07) is 12.1. The van der Waals surface area contributed by atoms with Gasteiger partial charge in [-0.1, -0.05) is 30.3 Å². The van der Waals surface area contributed by atoms with Crippen LogP contribution in [0, 0.1) is 17.2 Å². The van der Waals surface area contributed by atoms with Crippen LogP contribution >= 0.6 is 0 Å². The van der Waals surface area contributed by atoms with Gasteiger partial charge in [0.1, 0.15) is 6.07 Å². The van der Waals surface area contributed by atoms with Crippen LogP contribution in [0.25, 0.3) is 0 Å². The maximum atomic E-state index is 9.30. The van der Waals surface area contributed by atoms with Crippen LogP contribution in [0.5, 0.6) is 0 Å². The van der Waals surface area contributed by atoms with E-state index in [1.165, 1.54) is 0 Å². The fourth-order valence-electron chi connectivity index (χ4n) is 2.67. The molecule has 0 bridgehead atoms. The van der Waals surface area contributed by atoms with E-state index in [9.17, 15) is 5.26 Å². The van der Waals surface area contributed by atoms with Gasteiger partial charge in [-0.2, -0.15) is 5.26 Å². The van der Waals surface area contributed by atoms with Gasteiger partial charge in [-0.05, 0) is 5.56 Å². The number of hydrogen-bond donors (Lipinski definition) is 3. The van der Waals surface area contributed by atoms with Crippen LogP contribution in [-0.2, 0) is 4.74 Å². The SMILES string of the molecule is N#CC1=C(N)OC2NNCC2C1c1ccccc1. The number of allylic oxidation sites excluding steroid dienone is 1. The molecule has 3 atom stereocenters. The van der Waals surface area contributed by atoms with Gasteiger partial charge in [0.15, 0.2) is 6.23 Å². The van der Waals surface area contributed by atoms with E-state index in [1.807, 2.05) is 30.3 Å². The lowest BCUT2D eigenvalue weighted by Crippen LogP contribution is -2.40. The zero-order valence-corrected chi connectivity index (χ0v) is 9.76. The summed E-state index contributed by atoms with van der Waals surface area (Å²) in [6.45, 7) is 0.753. The lowest BCUT2D eigenvalue weighted by atomic mass is 9.79. The molecule has 0 radical (unpaired) electrons. The van der Waals surface area contributed by atoms with Gasteiger partial charge >= 0.3 is 0 Å². The van der Waals surface area contributed by atoms with E-state index >= 15 is 0 Å². The van der Waals surface area contributed by atoms with E-state index < -0.39 is 0 Å². The minimum Gasteiger partial charge on any atom is -0.458 e. The maximum absolute atomic E-state index is 9.30. The van der Waals surface area contributed by atoms with E-state index in [0.29, 0.717) is 5.57 Å². The molecule has 2 aliphatic rings. The molecule has 1 aromatic rings. The quantitative estimate of drug-likeness (QED) is 0.669. The molecule has 92 valence electrons. The first-order valence-corrected chi connectivity index (χ1v) is 5.91. The minimum absolute atomic E-state index is 0.0163. The van der Waals surface area contributed by atoms with Crippen LogP contribution in [0.1, 0.15) is 11.5 Å². The fourth-order valence-corrected chi connectivity index (χ4v) is 2.67. The predicted octanol–water partition coefficient (Wildman–Crippen LogP) is 0.544. The van der Waals surface area contributed by atoms with E-state index in [4.69, 9.17) is 10.5 Å². The first-order valence-electron chi connectivity index (χ1n) is 5.91. The number of nitriles is 1. The third-order valence-corrected chi connectivity index (χ3v) is 3.51. The van der Waals surface area contributed by atoms with Gasteiger partial charge in [-0.15, -0.1) is 0 Å². The highest BCUT2D eigenvalue weighted by Gasteiger charge is 2.43. The van der Waals surface area contributed by atoms with Crippen molar-refractivity contribution in [3.63, 3.8) is 0 Å². The summed E-state index contributed by atoms with van der Waals surface area (Å²) in [4.78, 5) is 0. The molecule has 2 heterocycles. The molecule has 0 amide bonds. The molecular formula is C13H14N4O. The highest BCUT2D eigenvalue weighted by Crippen LogP contribution is 2.40. The topological polar surface area (TPSA) is 83.1 Å². The molecule has 3 rings (SSSR count). The van der Waals surface area contributed by atoms with Crippen molar-refractivity contribution in [2.75, 3.05) is 6.54 Å². The lowest BCUT2D eigenvalue weighted by Gasteiger charge is -2.33. The number of nitrogens with zero attached hydrogens (tertiary/aromatic N) is 1. The first kappa shape index (κ1) is 11.1. The van der Waals surface area contributed by atoms with Crippen molar-refractivity contribution in [2.24, 2.45) is 11.7 Å². The Morgan fingerprint density at radius 3 is 2.83 bits per heavy atom. The highest BCUT2D eigenvalue weighted by molar-refractivity contribution is 5.40. The molecule has 1 aromatic carbocycles. The Morgan fingerprint density at radius 1 is 1.33 bits per heavy atom. The molecule has 1 saturated heterocycles. The van der Waals surface area contributed by atoms with Crippen LogP contribution in [0.15, 0.2) is 41.8 Å². The van der Waals surface area contributed by atoms with Gasteiger partial charge in [-0.25, -0.2) is 5.43 Å². The Bertz CT molecular complexity index is 520. The summed E-state index contributed by atoms with van der Waals surface area (Å²) >= 11 is 0. The molecule has 18 heavy (non-hydrogen) atoms. The van der Waals surface area contributed by atoms with Crippen LogP contribution in [0.2, 0.25) is 0 Å². The molecule has 0 saturated carbocycles. The molecule has 4 N–H and O–H groups in total. The Labute approximate surface area is 105 Å².